The van der Waals surface area contributed by atoms with Gasteiger partial charge in [-0.15, -0.1) is 0 Å². The number of rotatable bonds is 9. The summed E-state index contributed by atoms with van der Waals surface area (Å²) < 4.78 is 13.2. The van der Waals surface area contributed by atoms with E-state index in [2.05, 4.69) is 22.9 Å². The SMILES string of the molecule is CCCN1C(=O)[C@]2(Cc3ccc(Br)cc3)N=C(c3ccc(OCCCO)cc3)O[C@@H]2c2ccccc21. The van der Waals surface area contributed by atoms with Crippen molar-refractivity contribution in [3.8, 4) is 5.75 Å². The van der Waals surface area contributed by atoms with Crippen molar-refractivity contribution in [1.29, 1.82) is 0 Å². The summed E-state index contributed by atoms with van der Waals surface area (Å²) in [6.07, 6.45) is 1.33. The lowest BCUT2D eigenvalue weighted by Crippen LogP contribution is -2.55. The molecule has 1 N–H and O–H groups in total. The summed E-state index contributed by atoms with van der Waals surface area (Å²) in [5.74, 6) is 1.14. The normalized spacial score (nSPS) is 20.4. The van der Waals surface area contributed by atoms with Gasteiger partial charge in [0.25, 0.3) is 5.91 Å². The Balaban J connectivity index is 1.56. The summed E-state index contributed by atoms with van der Waals surface area (Å²) in [5.41, 5.74) is 2.59. The molecule has 0 saturated heterocycles. The molecule has 0 bridgehead atoms. The maximum atomic E-state index is 14.2. The van der Waals surface area contributed by atoms with Crippen molar-refractivity contribution < 1.29 is 19.4 Å². The molecule has 0 saturated carbocycles. The largest absolute Gasteiger partial charge is 0.494 e. The average molecular weight is 549 g/mol. The summed E-state index contributed by atoms with van der Waals surface area (Å²) in [5, 5.41) is 8.97. The van der Waals surface area contributed by atoms with Gasteiger partial charge in [0, 0.05) is 41.6 Å². The topological polar surface area (TPSA) is 71.4 Å². The fourth-order valence-corrected chi connectivity index (χ4v) is 5.17. The summed E-state index contributed by atoms with van der Waals surface area (Å²) in [6.45, 7) is 3.24. The van der Waals surface area contributed by atoms with Crippen LogP contribution in [0, 0.1) is 0 Å². The molecule has 2 aliphatic heterocycles. The molecule has 186 valence electrons. The molecule has 1 amide bonds. The van der Waals surface area contributed by atoms with E-state index in [1.807, 2.05) is 77.7 Å². The Hall–Kier alpha value is -3.16. The third-order valence-corrected chi connectivity index (χ3v) is 7.13. The van der Waals surface area contributed by atoms with Crippen molar-refractivity contribution in [2.75, 3.05) is 24.7 Å². The molecule has 36 heavy (non-hydrogen) atoms. The molecule has 0 fully saturated rings. The molecule has 2 aliphatic rings. The molecular formula is C29H29BrN2O4. The van der Waals surface area contributed by atoms with Crippen LogP contribution in [0.2, 0.25) is 0 Å². The number of aliphatic hydroxyl groups excluding tert-OH is 1. The van der Waals surface area contributed by atoms with Gasteiger partial charge >= 0.3 is 0 Å². The predicted molar refractivity (Wildman–Crippen MR) is 144 cm³/mol. The standard InChI is InChI=1S/C29H29BrN2O4/c1-2-16-32-25-7-4-3-6-24(25)26-29(28(32)34,19-20-8-12-22(30)13-9-20)31-27(36-26)21-10-14-23(15-11-21)35-18-5-17-33/h3-4,6-15,26,33H,2,5,16-19H2,1H3/t26-,29-/m1/s1. The minimum Gasteiger partial charge on any atom is -0.494 e. The number of carbonyl (C=O) groups is 1. The fourth-order valence-electron chi connectivity index (χ4n) is 4.90. The van der Waals surface area contributed by atoms with Crippen LogP contribution in [0.1, 0.15) is 42.6 Å². The van der Waals surface area contributed by atoms with Crippen LogP contribution in [0.3, 0.4) is 0 Å². The van der Waals surface area contributed by atoms with E-state index in [1.165, 1.54) is 0 Å². The molecule has 0 spiro atoms. The third-order valence-electron chi connectivity index (χ3n) is 6.60. The van der Waals surface area contributed by atoms with Crippen LogP contribution in [0.5, 0.6) is 5.75 Å². The number of aliphatic hydroxyl groups is 1. The quantitative estimate of drug-likeness (QED) is 0.360. The van der Waals surface area contributed by atoms with E-state index in [0.29, 0.717) is 37.6 Å². The molecule has 5 rings (SSSR count). The summed E-state index contributed by atoms with van der Waals surface area (Å²) >= 11 is 3.50. The zero-order valence-electron chi connectivity index (χ0n) is 20.2. The van der Waals surface area contributed by atoms with E-state index in [4.69, 9.17) is 19.6 Å². The molecule has 0 unspecified atom stereocenters. The van der Waals surface area contributed by atoms with Crippen molar-refractivity contribution in [3.05, 3.63) is 94.0 Å². The van der Waals surface area contributed by atoms with E-state index >= 15 is 0 Å². The Bertz CT molecular complexity index is 1260. The number of anilines is 1. The first-order chi connectivity index (χ1) is 17.6. The maximum absolute atomic E-state index is 14.2. The Morgan fingerprint density at radius 2 is 1.83 bits per heavy atom. The number of ether oxygens (including phenoxy) is 2. The first-order valence-corrected chi connectivity index (χ1v) is 13.1. The molecule has 2 heterocycles. The number of hydrogen-bond donors (Lipinski definition) is 1. The molecule has 2 atom stereocenters. The first kappa shape index (κ1) is 24.5. The van der Waals surface area contributed by atoms with Gasteiger partial charge in [-0.05, 0) is 54.4 Å². The number of nitrogens with zero attached hydrogens (tertiary/aromatic N) is 2. The molecule has 6 nitrogen and oxygen atoms in total. The van der Waals surface area contributed by atoms with Crippen LogP contribution in [0.4, 0.5) is 5.69 Å². The van der Waals surface area contributed by atoms with Gasteiger partial charge in [0.2, 0.25) is 5.90 Å². The zero-order chi connectivity index (χ0) is 25.1. The van der Waals surface area contributed by atoms with Crippen LogP contribution in [-0.2, 0) is 16.0 Å². The Kier molecular flexibility index (Phi) is 7.12. The highest BCUT2D eigenvalue weighted by Crippen LogP contribution is 2.50. The molecule has 7 heteroatoms. The number of benzene rings is 3. The maximum Gasteiger partial charge on any atom is 0.259 e. The number of aliphatic imine (C=N–C) groups is 1. The Labute approximate surface area is 219 Å². The van der Waals surface area contributed by atoms with Crippen molar-refractivity contribution in [3.63, 3.8) is 0 Å². The van der Waals surface area contributed by atoms with Crippen molar-refractivity contribution in [1.82, 2.24) is 0 Å². The summed E-state index contributed by atoms with van der Waals surface area (Å²) in [4.78, 5) is 21.2. The molecule has 0 aliphatic carbocycles. The van der Waals surface area contributed by atoms with Gasteiger partial charge in [0.1, 0.15) is 5.75 Å². The first-order valence-electron chi connectivity index (χ1n) is 12.3. The van der Waals surface area contributed by atoms with E-state index in [0.717, 1.165) is 33.3 Å². The van der Waals surface area contributed by atoms with Gasteiger partial charge in [0.05, 0.1) is 12.3 Å². The van der Waals surface area contributed by atoms with Crippen LogP contribution in [0.25, 0.3) is 0 Å². The van der Waals surface area contributed by atoms with Crippen molar-refractivity contribution >= 4 is 33.4 Å². The lowest BCUT2D eigenvalue weighted by atomic mass is 9.78. The number of carbonyl (C=O) groups excluding carboxylic acids is 1. The van der Waals surface area contributed by atoms with E-state index in [1.54, 1.807) is 0 Å². The summed E-state index contributed by atoms with van der Waals surface area (Å²) in [6, 6.07) is 23.5. The monoisotopic (exact) mass is 548 g/mol. The molecule has 0 aromatic heterocycles. The van der Waals surface area contributed by atoms with E-state index < -0.39 is 11.6 Å². The van der Waals surface area contributed by atoms with Crippen LogP contribution in [0.15, 0.2) is 82.3 Å². The lowest BCUT2D eigenvalue weighted by molar-refractivity contribution is -0.127. The lowest BCUT2D eigenvalue weighted by Gasteiger charge is -2.41. The second kappa shape index (κ2) is 10.4. The highest BCUT2D eigenvalue weighted by molar-refractivity contribution is 9.10. The second-order valence-corrected chi connectivity index (χ2v) is 10.0. The number of fused-ring (bicyclic) bond motifs is 3. The van der Waals surface area contributed by atoms with Crippen molar-refractivity contribution in [2.24, 2.45) is 4.99 Å². The van der Waals surface area contributed by atoms with E-state index in [9.17, 15) is 4.79 Å². The number of para-hydroxylation sites is 1. The van der Waals surface area contributed by atoms with Gasteiger partial charge in [-0.2, -0.15) is 0 Å². The van der Waals surface area contributed by atoms with Crippen LogP contribution >= 0.6 is 15.9 Å². The average Bonchev–Trinajstić information content (AvgIpc) is 3.29. The predicted octanol–water partition coefficient (Wildman–Crippen LogP) is 5.47. The highest BCUT2D eigenvalue weighted by atomic mass is 79.9. The minimum absolute atomic E-state index is 0.0325. The van der Waals surface area contributed by atoms with Crippen molar-refractivity contribution in [2.45, 2.75) is 37.8 Å². The van der Waals surface area contributed by atoms with Gasteiger partial charge in [0.15, 0.2) is 11.6 Å². The Morgan fingerprint density at radius 3 is 2.56 bits per heavy atom. The number of amides is 1. The van der Waals surface area contributed by atoms with Crippen LogP contribution in [-0.4, -0.2) is 42.2 Å². The molecule has 0 radical (unpaired) electrons. The number of halogens is 1. The minimum atomic E-state index is -1.09. The fraction of sp³-hybridized carbons (Fsp3) is 0.310. The smallest absolute Gasteiger partial charge is 0.259 e. The van der Waals surface area contributed by atoms with Gasteiger partial charge in [-0.1, -0.05) is 53.2 Å². The zero-order valence-corrected chi connectivity index (χ0v) is 21.8. The van der Waals surface area contributed by atoms with Gasteiger partial charge in [-0.25, -0.2) is 4.99 Å². The molecule has 3 aromatic carbocycles. The van der Waals surface area contributed by atoms with Gasteiger partial charge < -0.3 is 19.5 Å². The molecular weight excluding hydrogens is 520 g/mol. The highest BCUT2D eigenvalue weighted by Gasteiger charge is 2.58. The Morgan fingerprint density at radius 1 is 1.08 bits per heavy atom. The third kappa shape index (κ3) is 4.53. The van der Waals surface area contributed by atoms with Crippen LogP contribution < -0.4 is 9.64 Å². The summed E-state index contributed by atoms with van der Waals surface area (Å²) in [7, 11) is 0. The van der Waals surface area contributed by atoms with E-state index in [-0.39, 0.29) is 12.5 Å². The second-order valence-electron chi connectivity index (χ2n) is 9.11. The molecule has 3 aromatic rings. The number of hydrogen-bond acceptors (Lipinski definition) is 5. The van der Waals surface area contributed by atoms with Gasteiger partial charge in [-0.3, -0.25) is 4.79 Å².